The van der Waals surface area contributed by atoms with E-state index >= 15 is 0 Å². The van der Waals surface area contributed by atoms with Crippen molar-refractivity contribution in [3.8, 4) is 0 Å². The Balaban J connectivity index is 1.91. The van der Waals surface area contributed by atoms with E-state index in [9.17, 15) is 4.79 Å². The van der Waals surface area contributed by atoms with Crippen LogP contribution in [0.4, 0.5) is 5.69 Å². The zero-order chi connectivity index (χ0) is 15.2. The van der Waals surface area contributed by atoms with Crippen LogP contribution < -0.4 is 5.32 Å². The van der Waals surface area contributed by atoms with E-state index in [4.69, 9.17) is 0 Å². The number of hydrogen-bond donors (Lipinski definition) is 1. The van der Waals surface area contributed by atoms with Crippen LogP contribution in [0.5, 0.6) is 0 Å². The Hall–Kier alpha value is -1.36. The lowest BCUT2D eigenvalue weighted by Crippen LogP contribution is -2.18. The molecule has 0 aliphatic heterocycles. The lowest BCUT2D eigenvalue weighted by atomic mass is 9.86. The van der Waals surface area contributed by atoms with Crippen molar-refractivity contribution in [1.82, 2.24) is 0 Å². The van der Waals surface area contributed by atoms with Gasteiger partial charge in [-0.25, -0.2) is 0 Å². The number of halogens is 1. The van der Waals surface area contributed by atoms with Crippen molar-refractivity contribution in [2.24, 2.45) is 5.92 Å². The average Bonchev–Trinajstić information content (AvgIpc) is 2.49. The van der Waals surface area contributed by atoms with Crippen LogP contribution in [0.1, 0.15) is 31.7 Å². The van der Waals surface area contributed by atoms with Crippen LogP contribution >= 0.6 is 22.6 Å². The molecule has 0 aliphatic rings. The number of benzene rings is 2. The summed E-state index contributed by atoms with van der Waals surface area (Å²) in [4.78, 5) is 12.1. The molecule has 0 aromatic heterocycles. The lowest BCUT2D eigenvalue weighted by molar-refractivity contribution is -0.117. The molecule has 1 N–H and O–H groups in total. The molecule has 1 amide bonds. The van der Waals surface area contributed by atoms with Gasteiger partial charge in [0.2, 0.25) is 5.91 Å². The maximum Gasteiger partial charge on any atom is 0.224 e. The van der Waals surface area contributed by atoms with Crippen LogP contribution in [0.3, 0.4) is 0 Å². The minimum absolute atomic E-state index is 0.0755. The fourth-order valence-electron chi connectivity index (χ4n) is 2.30. The highest BCUT2D eigenvalue weighted by Crippen LogP contribution is 2.26. The second kappa shape index (κ2) is 7.59. The fraction of sp³-hybridized carbons (Fsp3) is 0.278. The molecule has 21 heavy (non-hydrogen) atoms. The normalized spacial score (nSPS) is 13.5. The molecule has 2 aromatic rings. The van der Waals surface area contributed by atoms with Gasteiger partial charge in [-0.3, -0.25) is 4.79 Å². The first-order chi connectivity index (χ1) is 10.1. The maximum absolute atomic E-state index is 12.1. The first kappa shape index (κ1) is 16.0. The summed E-state index contributed by atoms with van der Waals surface area (Å²) in [6.45, 7) is 4.31. The number of carbonyl (C=O) groups is 1. The van der Waals surface area contributed by atoms with Gasteiger partial charge in [-0.15, -0.1) is 0 Å². The molecule has 2 atom stereocenters. The summed E-state index contributed by atoms with van der Waals surface area (Å²) < 4.78 is 1.16. The molecular weight excluding hydrogens is 373 g/mol. The topological polar surface area (TPSA) is 29.1 Å². The number of amides is 1. The maximum atomic E-state index is 12.1. The van der Waals surface area contributed by atoms with Crippen molar-refractivity contribution in [1.29, 1.82) is 0 Å². The van der Waals surface area contributed by atoms with Gasteiger partial charge in [0.25, 0.3) is 0 Å². The first-order valence-electron chi connectivity index (χ1n) is 7.16. The van der Waals surface area contributed by atoms with Crippen LogP contribution in [0.2, 0.25) is 0 Å². The van der Waals surface area contributed by atoms with E-state index in [1.54, 1.807) is 0 Å². The van der Waals surface area contributed by atoms with Gasteiger partial charge in [0, 0.05) is 15.7 Å². The van der Waals surface area contributed by atoms with E-state index < -0.39 is 0 Å². The van der Waals surface area contributed by atoms with Crippen molar-refractivity contribution in [2.75, 3.05) is 5.32 Å². The SMILES string of the molecule is C[C@H](CC(=O)Nc1ccc(I)cc1)[C@H](C)c1ccccc1. The molecule has 2 rings (SSSR count). The zero-order valence-electron chi connectivity index (χ0n) is 12.3. The van der Waals surface area contributed by atoms with E-state index in [2.05, 4.69) is 53.9 Å². The van der Waals surface area contributed by atoms with Crippen LogP contribution in [-0.2, 0) is 4.79 Å². The molecule has 0 unspecified atom stereocenters. The summed E-state index contributed by atoms with van der Waals surface area (Å²) in [5.41, 5.74) is 2.15. The summed E-state index contributed by atoms with van der Waals surface area (Å²) in [6, 6.07) is 18.2. The van der Waals surface area contributed by atoms with Crippen LogP contribution in [-0.4, -0.2) is 5.91 Å². The molecule has 0 aliphatic carbocycles. The molecule has 0 spiro atoms. The molecule has 0 heterocycles. The van der Waals surface area contributed by atoms with Crippen molar-refractivity contribution in [3.05, 3.63) is 63.7 Å². The highest BCUT2D eigenvalue weighted by molar-refractivity contribution is 14.1. The molecule has 0 fully saturated rings. The van der Waals surface area contributed by atoms with E-state index in [0.717, 1.165) is 9.26 Å². The Morgan fingerprint density at radius 3 is 2.29 bits per heavy atom. The third-order valence-corrected chi connectivity index (χ3v) is 4.53. The fourth-order valence-corrected chi connectivity index (χ4v) is 2.66. The number of nitrogens with one attached hydrogen (secondary N) is 1. The van der Waals surface area contributed by atoms with Crippen LogP contribution in [0.15, 0.2) is 54.6 Å². The average molecular weight is 393 g/mol. The molecule has 0 saturated carbocycles. The molecule has 2 nitrogen and oxygen atoms in total. The van der Waals surface area contributed by atoms with Gasteiger partial charge in [-0.2, -0.15) is 0 Å². The van der Waals surface area contributed by atoms with E-state index in [0.29, 0.717) is 18.3 Å². The molecule has 3 heteroatoms. The third-order valence-electron chi connectivity index (χ3n) is 3.81. The highest BCUT2D eigenvalue weighted by Gasteiger charge is 2.17. The Morgan fingerprint density at radius 2 is 1.67 bits per heavy atom. The minimum atomic E-state index is 0.0755. The summed E-state index contributed by atoms with van der Waals surface area (Å²) in [6.07, 6.45) is 0.530. The molecule has 0 bridgehead atoms. The molecule has 0 saturated heterocycles. The highest BCUT2D eigenvalue weighted by atomic mass is 127. The molecule has 110 valence electrons. The summed E-state index contributed by atoms with van der Waals surface area (Å²) in [5, 5.41) is 2.96. The molecule has 2 aromatic carbocycles. The Bertz CT molecular complexity index is 580. The molecule has 0 radical (unpaired) electrons. The summed E-state index contributed by atoms with van der Waals surface area (Å²) >= 11 is 2.25. The van der Waals surface area contributed by atoms with Gasteiger partial charge in [-0.05, 0) is 64.3 Å². The second-order valence-corrected chi connectivity index (χ2v) is 6.68. The van der Waals surface area contributed by atoms with Crippen LogP contribution in [0, 0.1) is 9.49 Å². The number of carbonyl (C=O) groups excluding carboxylic acids is 1. The minimum Gasteiger partial charge on any atom is -0.326 e. The Kier molecular flexibility index (Phi) is 5.79. The van der Waals surface area contributed by atoms with Gasteiger partial charge in [0.05, 0.1) is 0 Å². The van der Waals surface area contributed by atoms with Crippen LogP contribution in [0.25, 0.3) is 0 Å². The second-order valence-electron chi connectivity index (χ2n) is 5.44. The predicted octanol–water partition coefficient (Wildman–Crippen LogP) is 5.06. The van der Waals surface area contributed by atoms with Crippen molar-refractivity contribution >= 4 is 34.2 Å². The third kappa shape index (κ3) is 4.84. The number of hydrogen-bond acceptors (Lipinski definition) is 1. The van der Waals surface area contributed by atoms with Crippen molar-refractivity contribution in [2.45, 2.75) is 26.2 Å². The first-order valence-corrected chi connectivity index (χ1v) is 8.24. The standard InChI is InChI=1S/C18H20INO/c1-13(14(2)15-6-4-3-5-7-15)12-18(21)20-17-10-8-16(19)9-11-17/h3-11,13-14H,12H2,1-2H3,(H,20,21)/t13-,14+/m1/s1. The number of anilines is 1. The number of rotatable bonds is 5. The van der Waals surface area contributed by atoms with Gasteiger partial charge in [0.1, 0.15) is 0 Å². The van der Waals surface area contributed by atoms with Crippen molar-refractivity contribution < 1.29 is 4.79 Å². The summed E-state index contributed by atoms with van der Waals surface area (Å²) in [7, 11) is 0. The van der Waals surface area contributed by atoms with Gasteiger partial charge in [0.15, 0.2) is 0 Å². The summed E-state index contributed by atoms with van der Waals surface area (Å²) in [5.74, 6) is 0.747. The monoisotopic (exact) mass is 393 g/mol. The van der Waals surface area contributed by atoms with Crippen molar-refractivity contribution in [3.63, 3.8) is 0 Å². The Morgan fingerprint density at radius 1 is 1.05 bits per heavy atom. The molecular formula is C18H20INO. The largest absolute Gasteiger partial charge is 0.326 e. The predicted molar refractivity (Wildman–Crippen MR) is 96.4 cm³/mol. The quantitative estimate of drug-likeness (QED) is 0.707. The van der Waals surface area contributed by atoms with Gasteiger partial charge < -0.3 is 5.32 Å². The van der Waals surface area contributed by atoms with E-state index in [1.807, 2.05) is 42.5 Å². The lowest BCUT2D eigenvalue weighted by Gasteiger charge is -2.20. The van der Waals surface area contributed by atoms with E-state index in [1.165, 1.54) is 5.56 Å². The van der Waals surface area contributed by atoms with Gasteiger partial charge in [-0.1, -0.05) is 44.2 Å². The van der Waals surface area contributed by atoms with Gasteiger partial charge >= 0.3 is 0 Å². The van der Waals surface area contributed by atoms with E-state index in [-0.39, 0.29) is 5.91 Å². The zero-order valence-corrected chi connectivity index (χ0v) is 14.5. The Labute approximate surface area is 140 Å². The smallest absolute Gasteiger partial charge is 0.224 e.